The van der Waals surface area contributed by atoms with E-state index in [0.717, 1.165) is 24.2 Å². The summed E-state index contributed by atoms with van der Waals surface area (Å²) < 4.78 is 0. The minimum Gasteiger partial charge on any atom is -0.478 e. The van der Waals surface area contributed by atoms with Crippen molar-refractivity contribution in [2.45, 2.75) is 19.4 Å². The number of likely N-dealkylation sites (N-methyl/N-ethyl adjacent to an activating group) is 1. The highest BCUT2D eigenvalue weighted by atomic mass is 16.4. The zero-order valence-corrected chi connectivity index (χ0v) is 10.4. The molecule has 18 heavy (non-hydrogen) atoms. The second-order valence-corrected chi connectivity index (χ2v) is 4.38. The van der Waals surface area contributed by atoms with Crippen molar-refractivity contribution in [2.75, 3.05) is 18.5 Å². The third-order valence-corrected chi connectivity index (χ3v) is 3.36. The molecule has 0 aliphatic carbocycles. The van der Waals surface area contributed by atoms with Crippen LogP contribution in [0.2, 0.25) is 0 Å². The molecule has 2 rings (SSSR count). The van der Waals surface area contributed by atoms with Crippen LogP contribution in [0.4, 0.5) is 5.69 Å². The average molecular weight is 248 g/mol. The Morgan fingerprint density at radius 3 is 2.78 bits per heavy atom. The summed E-state index contributed by atoms with van der Waals surface area (Å²) in [6, 6.07) is 4.79. The minimum absolute atomic E-state index is 0.0661. The number of carbonyl (C=O) groups excluding carboxylic acids is 1. The quantitative estimate of drug-likeness (QED) is 0.833. The lowest BCUT2D eigenvalue weighted by molar-refractivity contribution is -0.121. The molecule has 5 nitrogen and oxygen atoms in total. The molecule has 0 fully saturated rings. The Labute approximate surface area is 105 Å². The molecular weight excluding hydrogens is 232 g/mol. The molecule has 0 radical (unpaired) electrons. The average Bonchev–Trinajstić information content (AvgIpc) is 2.79. The zero-order chi connectivity index (χ0) is 13.3. The smallest absolute Gasteiger partial charge is 0.335 e. The fourth-order valence-corrected chi connectivity index (χ4v) is 2.29. The first-order valence-corrected chi connectivity index (χ1v) is 5.89. The van der Waals surface area contributed by atoms with Crippen LogP contribution in [0, 0.1) is 0 Å². The first-order valence-electron chi connectivity index (χ1n) is 5.89. The molecule has 1 aromatic rings. The normalized spacial score (nSPS) is 15.1. The number of hydrogen-bond acceptors (Lipinski definition) is 3. The van der Waals surface area contributed by atoms with Gasteiger partial charge in [0, 0.05) is 19.3 Å². The highest BCUT2D eigenvalue weighted by Gasteiger charge is 2.27. The van der Waals surface area contributed by atoms with Crippen LogP contribution in [0.25, 0.3) is 0 Å². The van der Waals surface area contributed by atoms with Gasteiger partial charge in [-0.25, -0.2) is 4.79 Å². The fraction of sp³-hybridized carbons (Fsp3) is 0.385. The number of aromatic carboxylic acids is 1. The molecule has 0 saturated heterocycles. The molecule has 1 aromatic carbocycles. The van der Waals surface area contributed by atoms with E-state index in [1.54, 1.807) is 19.2 Å². The van der Waals surface area contributed by atoms with Gasteiger partial charge in [-0.05, 0) is 31.0 Å². The first-order chi connectivity index (χ1) is 8.54. The van der Waals surface area contributed by atoms with Gasteiger partial charge >= 0.3 is 5.97 Å². The van der Waals surface area contributed by atoms with E-state index in [1.807, 2.05) is 17.9 Å². The van der Waals surface area contributed by atoms with Gasteiger partial charge in [0.1, 0.15) is 6.04 Å². The molecule has 0 bridgehead atoms. The molecule has 2 N–H and O–H groups in total. The summed E-state index contributed by atoms with van der Waals surface area (Å²) in [6.07, 6.45) is 0.844. The Balaban J connectivity index is 2.34. The van der Waals surface area contributed by atoms with Crippen molar-refractivity contribution in [3.8, 4) is 0 Å². The summed E-state index contributed by atoms with van der Waals surface area (Å²) in [5.74, 6) is -1.01. The van der Waals surface area contributed by atoms with E-state index in [0.29, 0.717) is 0 Å². The summed E-state index contributed by atoms with van der Waals surface area (Å²) in [7, 11) is 1.60. The molecule has 1 atom stereocenters. The number of carboxylic acid groups (broad SMARTS) is 1. The molecule has 1 aliphatic rings. The molecule has 0 saturated carbocycles. The van der Waals surface area contributed by atoms with Crippen molar-refractivity contribution >= 4 is 17.6 Å². The van der Waals surface area contributed by atoms with Crippen molar-refractivity contribution in [1.29, 1.82) is 0 Å². The predicted molar refractivity (Wildman–Crippen MR) is 68.0 cm³/mol. The van der Waals surface area contributed by atoms with Gasteiger partial charge in [0.2, 0.25) is 5.91 Å². The van der Waals surface area contributed by atoms with E-state index in [1.165, 1.54) is 0 Å². The van der Waals surface area contributed by atoms with Gasteiger partial charge in [0.05, 0.1) is 5.56 Å². The molecule has 1 aliphatic heterocycles. The maximum absolute atomic E-state index is 11.7. The Kier molecular flexibility index (Phi) is 3.23. The maximum atomic E-state index is 11.7. The standard InChI is InChI=1S/C13H16N2O3/c1-8(12(16)14-2)15-6-5-9-3-4-10(13(17)18)7-11(9)15/h3-4,7-8H,5-6H2,1-2H3,(H,14,16)(H,17,18). The molecule has 1 unspecified atom stereocenters. The van der Waals surface area contributed by atoms with Gasteiger partial charge in [-0.2, -0.15) is 0 Å². The van der Waals surface area contributed by atoms with E-state index < -0.39 is 5.97 Å². The number of anilines is 1. The van der Waals surface area contributed by atoms with Gasteiger partial charge in [-0.3, -0.25) is 4.79 Å². The highest BCUT2D eigenvalue weighted by molar-refractivity contribution is 5.91. The fourth-order valence-electron chi connectivity index (χ4n) is 2.29. The number of fused-ring (bicyclic) bond motifs is 1. The number of carbonyl (C=O) groups is 2. The lowest BCUT2D eigenvalue weighted by Crippen LogP contribution is -2.43. The van der Waals surface area contributed by atoms with Crippen LogP contribution in [0.1, 0.15) is 22.8 Å². The number of benzene rings is 1. The van der Waals surface area contributed by atoms with Crippen molar-refractivity contribution in [2.24, 2.45) is 0 Å². The van der Waals surface area contributed by atoms with E-state index in [4.69, 9.17) is 5.11 Å². The van der Waals surface area contributed by atoms with Gasteiger partial charge in [0.15, 0.2) is 0 Å². The summed E-state index contributed by atoms with van der Waals surface area (Å²) in [6.45, 7) is 2.56. The van der Waals surface area contributed by atoms with Gasteiger partial charge in [-0.15, -0.1) is 0 Å². The van der Waals surface area contributed by atoms with Crippen molar-refractivity contribution < 1.29 is 14.7 Å². The van der Waals surface area contributed by atoms with Crippen LogP contribution in [0.5, 0.6) is 0 Å². The Morgan fingerprint density at radius 2 is 2.17 bits per heavy atom. The minimum atomic E-state index is -0.947. The van der Waals surface area contributed by atoms with E-state index in [-0.39, 0.29) is 17.5 Å². The molecule has 96 valence electrons. The topological polar surface area (TPSA) is 69.6 Å². The lowest BCUT2D eigenvalue weighted by Gasteiger charge is -2.26. The molecule has 5 heteroatoms. The zero-order valence-electron chi connectivity index (χ0n) is 10.4. The number of nitrogens with zero attached hydrogens (tertiary/aromatic N) is 1. The Hall–Kier alpha value is -2.04. The second-order valence-electron chi connectivity index (χ2n) is 4.38. The molecular formula is C13H16N2O3. The largest absolute Gasteiger partial charge is 0.478 e. The maximum Gasteiger partial charge on any atom is 0.335 e. The van der Waals surface area contributed by atoms with Gasteiger partial charge in [-0.1, -0.05) is 6.07 Å². The van der Waals surface area contributed by atoms with Crippen molar-refractivity contribution in [3.63, 3.8) is 0 Å². The number of rotatable bonds is 3. The number of nitrogens with one attached hydrogen (secondary N) is 1. The second kappa shape index (κ2) is 4.68. The SMILES string of the molecule is CNC(=O)C(C)N1CCc2ccc(C(=O)O)cc21. The highest BCUT2D eigenvalue weighted by Crippen LogP contribution is 2.30. The Morgan fingerprint density at radius 1 is 1.44 bits per heavy atom. The summed E-state index contributed by atoms with van der Waals surface area (Å²) in [5, 5.41) is 11.6. The van der Waals surface area contributed by atoms with Crippen molar-refractivity contribution in [1.82, 2.24) is 5.32 Å². The monoisotopic (exact) mass is 248 g/mol. The lowest BCUT2D eigenvalue weighted by atomic mass is 10.1. The first kappa shape index (κ1) is 12.4. The van der Waals surface area contributed by atoms with Crippen LogP contribution in [-0.2, 0) is 11.2 Å². The summed E-state index contributed by atoms with van der Waals surface area (Å²) in [4.78, 5) is 24.6. The molecule has 0 aromatic heterocycles. The van der Waals surface area contributed by atoms with Crippen LogP contribution in [0.3, 0.4) is 0 Å². The van der Waals surface area contributed by atoms with E-state index >= 15 is 0 Å². The van der Waals surface area contributed by atoms with Crippen LogP contribution < -0.4 is 10.2 Å². The molecule has 1 heterocycles. The van der Waals surface area contributed by atoms with Crippen LogP contribution >= 0.6 is 0 Å². The van der Waals surface area contributed by atoms with E-state index in [9.17, 15) is 9.59 Å². The third-order valence-electron chi connectivity index (χ3n) is 3.36. The van der Waals surface area contributed by atoms with Gasteiger partial charge in [0.25, 0.3) is 0 Å². The van der Waals surface area contributed by atoms with Gasteiger partial charge < -0.3 is 15.3 Å². The molecule has 0 spiro atoms. The summed E-state index contributed by atoms with van der Waals surface area (Å²) in [5.41, 5.74) is 2.20. The summed E-state index contributed by atoms with van der Waals surface area (Å²) >= 11 is 0. The van der Waals surface area contributed by atoms with Crippen LogP contribution in [0.15, 0.2) is 18.2 Å². The van der Waals surface area contributed by atoms with Crippen LogP contribution in [-0.4, -0.2) is 36.6 Å². The Bertz CT molecular complexity index is 499. The van der Waals surface area contributed by atoms with E-state index in [2.05, 4.69) is 5.32 Å². The predicted octanol–water partition coefficient (Wildman–Crippen LogP) is 0.882. The number of hydrogen-bond donors (Lipinski definition) is 2. The number of carboxylic acids is 1. The molecule has 1 amide bonds. The third kappa shape index (κ3) is 2.03. The van der Waals surface area contributed by atoms with Crippen molar-refractivity contribution in [3.05, 3.63) is 29.3 Å². The number of amides is 1.